The molecule has 0 aromatic heterocycles. The third kappa shape index (κ3) is 2.66. The Labute approximate surface area is 136 Å². The predicted molar refractivity (Wildman–Crippen MR) is 85.3 cm³/mol. The number of ether oxygens (including phenoxy) is 2. The molecular weight excluding hydrogens is 296 g/mol. The molecule has 1 amide bonds. The van der Waals surface area contributed by atoms with Crippen molar-refractivity contribution in [1.82, 2.24) is 4.90 Å². The maximum absolute atomic E-state index is 12.8. The molecule has 0 radical (unpaired) electrons. The molecule has 3 N–H and O–H groups in total. The van der Waals surface area contributed by atoms with E-state index in [0.717, 1.165) is 18.4 Å². The Hall–Kier alpha value is -1.79. The Morgan fingerprint density at radius 3 is 2.48 bits per heavy atom. The van der Waals surface area contributed by atoms with Crippen molar-refractivity contribution in [1.29, 1.82) is 0 Å². The number of nitrogens with zero attached hydrogens (tertiary/aromatic N) is 1. The molecule has 1 aliphatic heterocycles. The number of nitrogens with two attached hydrogens (primary N) is 1. The number of hydrogen-bond acceptors (Lipinski definition) is 5. The first-order valence-corrected chi connectivity index (χ1v) is 8.00. The molecule has 0 spiro atoms. The van der Waals surface area contributed by atoms with Gasteiger partial charge in [0.05, 0.1) is 26.3 Å². The van der Waals surface area contributed by atoms with Crippen LogP contribution in [0.2, 0.25) is 0 Å². The SMILES string of the molecule is COc1ccc(OC)c2c1CN(C(=O)C1(N)CCCC1)CC2O. The second kappa shape index (κ2) is 6.02. The molecular formula is C17H24N2O4. The molecule has 1 aromatic carbocycles. The van der Waals surface area contributed by atoms with Crippen molar-refractivity contribution in [2.45, 2.75) is 43.9 Å². The highest BCUT2D eigenvalue weighted by Gasteiger charge is 2.42. The lowest BCUT2D eigenvalue weighted by molar-refractivity contribution is -0.139. The Kier molecular flexibility index (Phi) is 4.21. The van der Waals surface area contributed by atoms with Crippen LogP contribution in [0, 0.1) is 0 Å². The Morgan fingerprint density at radius 1 is 1.26 bits per heavy atom. The van der Waals surface area contributed by atoms with E-state index < -0.39 is 11.6 Å². The van der Waals surface area contributed by atoms with Gasteiger partial charge in [-0.3, -0.25) is 4.79 Å². The van der Waals surface area contributed by atoms with Crippen LogP contribution < -0.4 is 15.2 Å². The van der Waals surface area contributed by atoms with Gasteiger partial charge in [0.1, 0.15) is 17.6 Å². The highest BCUT2D eigenvalue weighted by Crippen LogP contribution is 2.40. The summed E-state index contributed by atoms with van der Waals surface area (Å²) in [6, 6.07) is 3.58. The molecule has 1 unspecified atom stereocenters. The summed E-state index contributed by atoms with van der Waals surface area (Å²) in [6.45, 7) is 0.610. The first kappa shape index (κ1) is 16.1. The van der Waals surface area contributed by atoms with Gasteiger partial charge < -0.3 is 25.2 Å². The third-order valence-electron chi connectivity index (χ3n) is 5.00. The lowest BCUT2D eigenvalue weighted by atomic mass is 9.91. The summed E-state index contributed by atoms with van der Waals surface area (Å²) in [5.74, 6) is 1.18. The second-order valence-corrected chi connectivity index (χ2v) is 6.43. The van der Waals surface area contributed by atoms with E-state index >= 15 is 0 Å². The molecule has 1 atom stereocenters. The maximum atomic E-state index is 12.8. The molecule has 126 valence electrons. The fourth-order valence-electron chi connectivity index (χ4n) is 3.77. The average molecular weight is 320 g/mol. The normalized spacial score (nSPS) is 22.6. The van der Waals surface area contributed by atoms with Crippen LogP contribution in [0.3, 0.4) is 0 Å². The number of methoxy groups -OCH3 is 2. The standard InChI is InChI=1S/C17H24N2O4/c1-22-13-5-6-14(23-2)15-11(13)9-19(10-12(15)20)16(21)17(18)7-3-4-8-17/h5-6,12,20H,3-4,7-10,18H2,1-2H3. The van der Waals surface area contributed by atoms with E-state index in [0.29, 0.717) is 36.4 Å². The van der Waals surface area contributed by atoms with Crippen LogP contribution in [-0.2, 0) is 11.3 Å². The highest BCUT2D eigenvalue weighted by atomic mass is 16.5. The largest absolute Gasteiger partial charge is 0.496 e. The number of β-amino-alcohol motifs (C(OH)–C–C–N with tert-alkyl or cyclic N) is 1. The summed E-state index contributed by atoms with van der Waals surface area (Å²) in [4.78, 5) is 14.5. The number of aliphatic hydroxyl groups is 1. The van der Waals surface area contributed by atoms with Gasteiger partial charge in [0.15, 0.2) is 0 Å². The van der Waals surface area contributed by atoms with Crippen molar-refractivity contribution in [3.63, 3.8) is 0 Å². The molecule has 0 saturated heterocycles. The van der Waals surface area contributed by atoms with Gasteiger partial charge in [-0.2, -0.15) is 0 Å². The summed E-state index contributed by atoms with van der Waals surface area (Å²) in [6.07, 6.45) is 2.57. The van der Waals surface area contributed by atoms with E-state index in [-0.39, 0.29) is 12.5 Å². The first-order valence-electron chi connectivity index (χ1n) is 8.00. The van der Waals surface area contributed by atoms with Gasteiger partial charge in [-0.1, -0.05) is 12.8 Å². The number of carbonyl (C=O) groups is 1. The minimum absolute atomic E-state index is 0.0791. The molecule has 1 heterocycles. The number of carbonyl (C=O) groups excluding carboxylic acids is 1. The van der Waals surface area contributed by atoms with Crippen LogP contribution in [0.5, 0.6) is 11.5 Å². The summed E-state index contributed by atoms with van der Waals surface area (Å²) < 4.78 is 10.8. The third-order valence-corrected chi connectivity index (χ3v) is 5.00. The van der Waals surface area contributed by atoms with Crippen molar-refractivity contribution in [2.24, 2.45) is 5.73 Å². The fraction of sp³-hybridized carbons (Fsp3) is 0.588. The van der Waals surface area contributed by atoms with Crippen molar-refractivity contribution < 1.29 is 19.4 Å². The van der Waals surface area contributed by atoms with E-state index in [9.17, 15) is 9.90 Å². The molecule has 6 nitrogen and oxygen atoms in total. The lowest BCUT2D eigenvalue weighted by Gasteiger charge is -2.38. The molecule has 6 heteroatoms. The van der Waals surface area contributed by atoms with E-state index in [1.54, 1.807) is 31.3 Å². The highest BCUT2D eigenvalue weighted by molar-refractivity contribution is 5.87. The summed E-state index contributed by atoms with van der Waals surface area (Å²) >= 11 is 0. The fourth-order valence-corrected chi connectivity index (χ4v) is 3.77. The molecule has 1 fully saturated rings. The number of amides is 1. The van der Waals surface area contributed by atoms with Gasteiger partial charge in [-0.15, -0.1) is 0 Å². The minimum Gasteiger partial charge on any atom is -0.496 e. The number of fused-ring (bicyclic) bond motifs is 1. The zero-order valence-electron chi connectivity index (χ0n) is 13.7. The second-order valence-electron chi connectivity index (χ2n) is 6.43. The molecule has 1 aromatic rings. The van der Waals surface area contributed by atoms with E-state index in [1.165, 1.54) is 0 Å². The molecule has 3 rings (SSSR count). The number of rotatable bonds is 3. The minimum atomic E-state index is -0.808. The smallest absolute Gasteiger partial charge is 0.243 e. The Balaban J connectivity index is 1.95. The van der Waals surface area contributed by atoms with Gasteiger partial charge in [0.25, 0.3) is 0 Å². The van der Waals surface area contributed by atoms with Gasteiger partial charge in [-0.05, 0) is 25.0 Å². The zero-order valence-corrected chi connectivity index (χ0v) is 13.7. The van der Waals surface area contributed by atoms with Crippen LogP contribution >= 0.6 is 0 Å². The first-order chi connectivity index (χ1) is 11.0. The molecule has 23 heavy (non-hydrogen) atoms. The monoisotopic (exact) mass is 320 g/mol. The number of aliphatic hydroxyl groups excluding tert-OH is 1. The topological polar surface area (TPSA) is 85.0 Å². The molecule has 0 bridgehead atoms. The van der Waals surface area contributed by atoms with Crippen molar-refractivity contribution in [3.8, 4) is 11.5 Å². The Morgan fingerprint density at radius 2 is 1.87 bits per heavy atom. The van der Waals surface area contributed by atoms with Gasteiger partial charge in [0.2, 0.25) is 5.91 Å². The van der Waals surface area contributed by atoms with E-state index in [2.05, 4.69) is 0 Å². The van der Waals surface area contributed by atoms with Crippen LogP contribution in [-0.4, -0.2) is 42.2 Å². The maximum Gasteiger partial charge on any atom is 0.243 e. The number of benzene rings is 1. The van der Waals surface area contributed by atoms with Crippen LogP contribution in [0.15, 0.2) is 12.1 Å². The molecule has 1 aliphatic carbocycles. The summed E-state index contributed by atoms with van der Waals surface area (Å²) in [5, 5.41) is 10.6. The summed E-state index contributed by atoms with van der Waals surface area (Å²) in [7, 11) is 3.15. The Bertz CT molecular complexity index is 611. The van der Waals surface area contributed by atoms with Crippen LogP contribution in [0.1, 0.15) is 42.9 Å². The molecule has 2 aliphatic rings. The van der Waals surface area contributed by atoms with Crippen LogP contribution in [0.25, 0.3) is 0 Å². The van der Waals surface area contributed by atoms with E-state index in [4.69, 9.17) is 15.2 Å². The predicted octanol–water partition coefficient (Wildman–Crippen LogP) is 1.35. The number of hydrogen-bond donors (Lipinski definition) is 2. The van der Waals surface area contributed by atoms with Crippen molar-refractivity contribution in [3.05, 3.63) is 23.3 Å². The lowest BCUT2D eigenvalue weighted by Crippen LogP contribution is -2.55. The van der Waals surface area contributed by atoms with Crippen LogP contribution in [0.4, 0.5) is 0 Å². The van der Waals surface area contributed by atoms with Gasteiger partial charge in [-0.25, -0.2) is 0 Å². The van der Waals surface area contributed by atoms with Gasteiger partial charge in [0, 0.05) is 17.7 Å². The average Bonchev–Trinajstić information content (AvgIpc) is 3.00. The summed E-state index contributed by atoms with van der Waals surface area (Å²) in [5.41, 5.74) is 7.00. The quantitative estimate of drug-likeness (QED) is 0.878. The van der Waals surface area contributed by atoms with Crippen molar-refractivity contribution >= 4 is 5.91 Å². The van der Waals surface area contributed by atoms with Crippen molar-refractivity contribution in [2.75, 3.05) is 20.8 Å². The zero-order chi connectivity index (χ0) is 16.6. The van der Waals surface area contributed by atoms with E-state index in [1.807, 2.05) is 0 Å². The molecule has 1 saturated carbocycles. The van der Waals surface area contributed by atoms with Gasteiger partial charge >= 0.3 is 0 Å².